The molecule has 42 valence electrons. The van der Waals surface area contributed by atoms with E-state index in [2.05, 4.69) is 0 Å². The Morgan fingerprint density at radius 1 is 1.71 bits per heavy atom. The van der Waals surface area contributed by atoms with Gasteiger partial charge in [-0.05, 0) is 24.6 Å². The quantitative estimate of drug-likeness (QED) is 0.314. The van der Waals surface area contributed by atoms with Gasteiger partial charge < -0.3 is 12.4 Å². The maximum Gasteiger partial charge on any atom is 0.244 e. The van der Waals surface area contributed by atoms with Crippen molar-refractivity contribution in [1.29, 1.82) is 0 Å². The molecule has 3 heteroatoms. The first kappa shape index (κ1) is 10.1. The molecular weight excluding hydrogens is 135 g/mol. The van der Waals surface area contributed by atoms with Gasteiger partial charge in [-0.3, -0.25) is 4.79 Å². The minimum Gasteiger partial charge on any atom is -1.00 e. The average Bonchev–Trinajstić information content (AvgIpc) is 1.35. The third-order valence-corrected chi connectivity index (χ3v) is 0.424. The van der Waals surface area contributed by atoms with Gasteiger partial charge in [0, 0.05) is 0 Å². The van der Waals surface area contributed by atoms with Gasteiger partial charge in [0.05, 0.1) is 0 Å². The molecule has 0 rings (SSSR count). The minimum atomic E-state index is -0.419. The van der Waals surface area contributed by atoms with Crippen molar-refractivity contribution in [1.82, 2.24) is 0 Å². The topological polar surface area (TPSA) is 17.1 Å². The van der Waals surface area contributed by atoms with Crippen molar-refractivity contribution in [3.63, 3.8) is 0 Å². The molecule has 0 atom stereocenters. The highest BCUT2D eigenvalue weighted by atomic mass is 35.5. The molecule has 0 aromatic carbocycles. The summed E-state index contributed by atoms with van der Waals surface area (Å²) in [6, 6.07) is 0. The Morgan fingerprint density at radius 3 is 2.14 bits per heavy atom. The second kappa shape index (κ2) is 5.99. The van der Waals surface area contributed by atoms with Gasteiger partial charge in [-0.25, -0.2) is 0 Å². The Morgan fingerprint density at radius 2 is 2.14 bits per heavy atom. The Bertz CT molecular complexity index is 77.8. The third kappa shape index (κ3) is 10.7. The van der Waals surface area contributed by atoms with Crippen molar-refractivity contribution in [2.24, 2.45) is 0 Å². The first-order valence-corrected chi connectivity index (χ1v) is 1.97. The van der Waals surface area contributed by atoms with E-state index in [0.29, 0.717) is 0 Å². The van der Waals surface area contributed by atoms with Gasteiger partial charge in [0.1, 0.15) is 0 Å². The maximum atomic E-state index is 9.72. The standard InChI is InChI=1S/C4H5ClO.ClH/c1-2-3-4(5)6;/h2-3H,1H3;1H/p-1/b3-2+;. The van der Waals surface area contributed by atoms with Gasteiger partial charge in [-0.1, -0.05) is 6.08 Å². The molecule has 0 radical (unpaired) electrons. The molecule has 0 aliphatic rings. The first-order chi connectivity index (χ1) is 2.77. The Hall–Kier alpha value is -0.0100. The lowest BCUT2D eigenvalue weighted by Crippen LogP contribution is -3.00. The second-order valence-corrected chi connectivity index (χ2v) is 1.18. The Kier molecular flexibility index (Phi) is 8.62. The molecule has 0 saturated carbocycles. The van der Waals surface area contributed by atoms with Gasteiger partial charge in [0.15, 0.2) is 0 Å². The number of carbonyl (C=O) groups is 1. The number of carbonyl (C=O) groups excluding carboxylic acids is 1. The zero-order valence-electron chi connectivity index (χ0n) is 3.82. The second-order valence-electron chi connectivity index (χ2n) is 0.804. The smallest absolute Gasteiger partial charge is 0.244 e. The summed E-state index contributed by atoms with van der Waals surface area (Å²) in [5, 5.41) is -0.419. The fourth-order valence-electron chi connectivity index (χ4n) is 0.131. The molecule has 0 aromatic rings. The molecule has 0 aromatic heterocycles. The summed E-state index contributed by atoms with van der Waals surface area (Å²) in [6.45, 7) is 1.74. The van der Waals surface area contributed by atoms with E-state index in [0.717, 1.165) is 0 Å². The van der Waals surface area contributed by atoms with Crippen LogP contribution in [0.3, 0.4) is 0 Å². The SMILES string of the molecule is C/C=C/C(=O)Cl.[Cl-]. The lowest BCUT2D eigenvalue weighted by Gasteiger charge is -1.65. The lowest BCUT2D eigenvalue weighted by atomic mass is 10.6. The molecule has 0 unspecified atom stereocenters. The van der Waals surface area contributed by atoms with E-state index in [1.54, 1.807) is 13.0 Å². The van der Waals surface area contributed by atoms with E-state index in [-0.39, 0.29) is 12.4 Å². The molecule has 0 N–H and O–H groups in total. The summed E-state index contributed by atoms with van der Waals surface area (Å²) in [5.74, 6) is 0. The summed E-state index contributed by atoms with van der Waals surface area (Å²) < 4.78 is 0. The van der Waals surface area contributed by atoms with E-state index < -0.39 is 5.24 Å². The number of allylic oxidation sites excluding steroid dienone is 2. The molecule has 0 fully saturated rings. The molecular formula is C4H5Cl2O-. The van der Waals surface area contributed by atoms with Crippen LogP contribution in [0.4, 0.5) is 0 Å². The number of rotatable bonds is 1. The Labute approximate surface area is 53.8 Å². The molecule has 7 heavy (non-hydrogen) atoms. The van der Waals surface area contributed by atoms with Crippen LogP contribution < -0.4 is 12.4 Å². The van der Waals surface area contributed by atoms with E-state index in [4.69, 9.17) is 11.6 Å². The number of hydrogen-bond acceptors (Lipinski definition) is 1. The van der Waals surface area contributed by atoms with Crippen molar-refractivity contribution >= 4 is 16.8 Å². The van der Waals surface area contributed by atoms with Crippen LogP contribution in [0.15, 0.2) is 12.2 Å². The van der Waals surface area contributed by atoms with Crippen molar-refractivity contribution in [3.8, 4) is 0 Å². The average molecular weight is 140 g/mol. The van der Waals surface area contributed by atoms with Crippen LogP contribution in [-0.2, 0) is 4.79 Å². The fraction of sp³-hybridized carbons (Fsp3) is 0.250. The normalized spacial score (nSPS) is 8.29. The molecule has 0 aliphatic carbocycles. The molecule has 0 spiro atoms. The molecule has 0 aliphatic heterocycles. The summed E-state index contributed by atoms with van der Waals surface area (Å²) in [6.07, 6.45) is 2.89. The minimum absolute atomic E-state index is 0. The molecule has 0 heterocycles. The van der Waals surface area contributed by atoms with E-state index in [9.17, 15) is 4.79 Å². The summed E-state index contributed by atoms with van der Waals surface area (Å²) in [7, 11) is 0. The third-order valence-electron chi connectivity index (χ3n) is 0.298. The monoisotopic (exact) mass is 139 g/mol. The fourth-order valence-corrected chi connectivity index (χ4v) is 0.257. The van der Waals surface area contributed by atoms with Crippen molar-refractivity contribution in [3.05, 3.63) is 12.2 Å². The predicted molar refractivity (Wildman–Crippen MR) is 25.7 cm³/mol. The van der Waals surface area contributed by atoms with Crippen LogP contribution in [0.1, 0.15) is 6.92 Å². The van der Waals surface area contributed by atoms with Crippen molar-refractivity contribution in [2.75, 3.05) is 0 Å². The summed E-state index contributed by atoms with van der Waals surface area (Å²) in [4.78, 5) is 9.72. The van der Waals surface area contributed by atoms with Crippen molar-refractivity contribution in [2.45, 2.75) is 6.92 Å². The largest absolute Gasteiger partial charge is 1.00 e. The number of hydrogen-bond donors (Lipinski definition) is 0. The van der Waals surface area contributed by atoms with Crippen molar-refractivity contribution < 1.29 is 17.2 Å². The number of halogens is 2. The van der Waals surface area contributed by atoms with Crippen LogP contribution in [0, 0.1) is 0 Å². The molecule has 0 bridgehead atoms. The lowest BCUT2D eigenvalue weighted by molar-refractivity contribution is -0.107. The highest BCUT2D eigenvalue weighted by molar-refractivity contribution is 6.66. The maximum absolute atomic E-state index is 9.72. The zero-order valence-corrected chi connectivity index (χ0v) is 5.33. The summed E-state index contributed by atoms with van der Waals surface area (Å²) >= 11 is 4.85. The van der Waals surface area contributed by atoms with Gasteiger partial charge in [0.25, 0.3) is 0 Å². The van der Waals surface area contributed by atoms with Crippen LogP contribution in [0.25, 0.3) is 0 Å². The van der Waals surface area contributed by atoms with Gasteiger partial charge >= 0.3 is 0 Å². The highest BCUT2D eigenvalue weighted by Crippen LogP contribution is 1.78. The van der Waals surface area contributed by atoms with Crippen LogP contribution in [0.2, 0.25) is 0 Å². The van der Waals surface area contributed by atoms with Crippen LogP contribution >= 0.6 is 11.6 Å². The molecule has 0 amide bonds. The predicted octanol–water partition coefficient (Wildman–Crippen LogP) is -1.67. The van der Waals surface area contributed by atoms with Gasteiger partial charge in [0.2, 0.25) is 5.24 Å². The molecule has 0 saturated heterocycles. The first-order valence-electron chi connectivity index (χ1n) is 1.59. The zero-order chi connectivity index (χ0) is 4.99. The highest BCUT2D eigenvalue weighted by Gasteiger charge is 1.77. The van der Waals surface area contributed by atoms with E-state index >= 15 is 0 Å². The van der Waals surface area contributed by atoms with E-state index in [1.165, 1.54) is 6.08 Å². The van der Waals surface area contributed by atoms with Gasteiger partial charge in [-0.2, -0.15) is 0 Å². The van der Waals surface area contributed by atoms with Crippen LogP contribution in [-0.4, -0.2) is 5.24 Å². The summed E-state index contributed by atoms with van der Waals surface area (Å²) in [5.41, 5.74) is 0. The van der Waals surface area contributed by atoms with E-state index in [1.807, 2.05) is 0 Å². The Balaban J connectivity index is 0. The van der Waals surface area contributed by atoms with Crippen LogP contribution in [0.5, 0.6) is 0 Å². The molecule has 1 nitrogen and oxygen atoms in total. The van der Waals surface area contributed by atoms with Gasteiger partial charge in [-0.15, -0.1) is 0 Å².